The molecule has 19 heteroatoms. The molecule has 1 atom stereocenters. The molecule has 0 amide bonds. The molecule has 3 N–H and O–H groups in total. The molecule has 0 saturated carbocycles. The molecule has 2 aromatic rings. The molecule has 2 saturated heterocycles. The van der Waals surface area contributed by atoms with Gasteiger partial charge in [0.25, 0.3) is 0 Å². The maximum atomic E-state index is 10.6. The number of hydrogen-bond acceptors (Lipinski definition) is 7. The highest BCUT2D eigenvalue weighted by Gasteiger charge is 2.41. The van der Waals surface area contributed by atoms with Crippen molar-refractivity contribution in [1.29, 1.82) is 0 Å². The first-order chi connectivity index (χ1) is 20.1. The summed E-state index contributed by atoms with van der Waals surface area (Å²) in [5.74, 6) is -8.27. The van der Waals surface area contributed by atoms with Crippen LogP contribution in [0.1, 0.15) is 30.5 Å². The van der Waals surface area contributed by atoms with Gasteiger partial charge in [-0.2, -0.15) is 50.9 Å². The monoisotopic (exact) mass is 669 g/mol. The molecular formula is C25H28F9N3O6S. The molecule has 0 bridgehead atoms. The molecular weight excluding hydrogens is 641 g/mol. The van der Waals surface area contributed by atoms with E-state index in [0.29, 0.717) is 5.41 Å². The van der Waals surface area contributed by atoms with E-state index in [1.807, 2.05) is 23.6 Å². The number of aromatic nitrogens is 1. The minimum absolute atomic E-state index is 0.517. The van der Waals surface area contributed by atoms with Crippen LogP contribution in [0.15, 0.2) is 41.2 Å². The number of carbonyl (C=O) groups is 3. The third kappa shape index (κ3) is 14.8. The van der Waals surface area contributed by atoms with Gasteiger partial charge in [-0.3, -0.25) is 14.8 Å². The van der Waals surface area contributed by atoms with Crippen LogP contribution in [0.25, 0.3) is 0 Å². The Labute approximate surface area is 248 Å². The van der Waals surface area contributed by atoms with Crippen LogP contribution in [-0.4, -0.2) is 92.7 Å². The van der Waals surface area contributed by atoms with E-state index < -0.39 is 36.4 Å². The number of rotatable bonds is 4. The molecule has 2 aliphatic heterocycles. The van der Waals surface area contributed by atoms with Crippen LogP contribution in [0.4, 0.5) is 39.5 Å². The van der Waals surface area contributed by atoms with Crippen LogP contribution < -0.4 is 0 Å². The van der Waals surface area contributed by atoms with E-state index in [9.17, 15) is 39.5 Å². The second-order valence-electron chi connectivity index (χ2n) is 9.64. The van der Waals surface area contributed by atoms with E-state index in [-0.39, 0.29) is 0 Å². The Morgan fingerprint density at radius 1 is 0.773 bits per heavy atom. The van der Waals surface area contributed by atoms with Gasteiger partial charge in [0.15, 0.2) is 0 Å². The Balaban J connectivity index is 0.000000379. The van der Waals surface area contributed by atoms with Crippen molar-refractivity contribution in [3.8, 4) is 0 Å². The average molecular weight is 670 g/mol. The fourth-order valence-corrected chi connectivity index (χ4v) is 4.96. The lowest BCUT2D eigenvalue weighted by Gasteiger charge is -2.40. The number of aliphatic carboxylic acids is 3. The van der Waals surface area contributed by atoms with Gasteiger partial charge in [-0.15, -0.1) is 0 Å². The van der Waals surface area contributed by atoms with E-state index >= 15 is 0 Å². The number of hydrogen-bond donors (Lipinski definition) is 3. The Kier molecular flexibility index (Phi) is 14.5. The molecule has 2 fully saturated rings. The molecule has 248 valence electrons. The van der Waals surface area contributed by atoms with Crippen LogP contribution >= 0.6 is 11.3 Å². The molecule has 0 aromatic carbocycles. The van der Waals surface area contributed by atoms with E-state index in [0.717, 1.165) is 13.1 Å². The number of likely N-dealkylation sites (tertiary alicyclic amines) is 2. The van der Waals surface area contributed by atoms with Crippen molar-refractivity contribution in [2.75, 3.05) is 26.2 Å². The summed E-state index contributed by atoms with van der Waals surface area (Å²) in [5, 5.41) is 25.9. The fraction of sp³-hybridized carbons (Fsp3) is 0.520. The van der Waals surface area contributed by atoms with Gasteiger partial charge >= 0.3 is 36.4 Å². The average Bonchev–Trinajstić information content (AvgIpc) is 3.54. The number of nitrogens with zero attached hydrogens (tertiary/aromatic N) is 3. The molecule has 1 spiro atoms. The van der Waals surface area contributed by atoms with Crippen LogP contribution in [0, 0.1) is 5.41 Å². The number of carboxylic acid groups (broad SMARTS) is 3. The van der Waals surface area contributed by atoms with Gasteiger partial charge in [-0.25, -0.2) is 14.4 Å². The second kappa shape index (κ2) is 16.6. The SMILES string of the molecule is O=C(O)C(F)(F)F.O=C(O)C(F)(F)F.O=C(O)C(F)(F)F.c1ccc(CN2CCCC3(CCN(Cc4ccsc4)C3)C2)nc1. The summed E-state index contributed by atoms with van der Waals surface area (Å²) < 4.78 is 95.2. The zero-order valence-electron chi connectivity index (χ0n) is 22.6. The Bertz CT molecular complexity index is 1120. The summed E-state index contributed by atoms with van der Waals surface area (Å²) in [6.45, 7) is 7.13. The fourth-order valence-electron chi connectivity index (χ4n) is 4.30. The number of thiophene rings is 1. The lowest BCUT2D eigenvalue weighted by molar-refractivity contribution is -0.193. The van der Waals surface area contributed by atoms with E-state index in [2.05, 4.69) is 43.7 Å². The number of piperidine rings is 1. The molecule has 0 radical (unpaired) electrons. The van der Waals surface area contributed by atoms with Gasteiger partial charge in [-0.1, -0.05) is 6.07 Å². The summed E-state index contributed by atoms with van der Waals surface area (Å²) in [6, 6.07) is 8.52. The highest BCUT2D eigenvalue weighted by Crippen LogP contribution is 2.39. The molecule has 4 heterocycles. The topological polar surface area (TPSA) is 131 Å². The van der Waals surface area contributed by atoms with Gasteiger partial charge in [0.1, 0.15) is 0 Å². The Morgan fingerprint density at radius 3 is 1.68 bits per heavy atom. The molecule has 1 unspecified atom stereocenters. The quantitative estimate of drug-likeness (QED) is 0.360. The lowest BCUT2D eigenvalue weighted by atomic mass is 9.79. The molecule has 2 aromatic heterocycles. The minimum atomic E-state index is -5.08. The predicted octanol–water partition coefficient (Wildman–Crippen LogP) is 5.53. The Hall–Kier alpha value is -3.45. The molecule has 44 heavy (non-hydrogen) atoms. The van der Waals surface area contributed by atoms with Crippen molar-refractivity contribution < 1.29 is 69.2 Å². The Morgan fingerprint density at radius 2 is 1.27 bits per heavy atom. The summed E-state index contributed by atoms with van der Waals surface area (Å²) in [5.41, 5.74) is 3.20. The second-order valence-corrected chi connectivity index (χ2v) is 10.4. The summed E-state index contributed by atoms with van der Waals surface area (Å²) >= 11 is 1.81. The van der Waals surface area contributed by atoms with Gasteiger partial charge < -0.3 is 15.3 Å². The number of pyridine rings is 1. The van der Waals surface area contributed by atoms with Crippen molar-refractivity contribution in [1.82, 2.24) is 14.8 Å². The van der Waals surface area contributed by atoms with Crippen molar-refractivity contribution in [2.24, 2.45) is 5.41 Å². The largest absolute Gasteiger partial charge is 0.490 e. The van der Waals surface area contributed by atoms with E-state index in [1.54, 1.807) is 0 Å². The third-order valence-corrected chi connectivity index (χ3v) is 6.82. The number of halogens is 9. The molecule has 0 aliphatic carbocycles. The van der Waals surface area contributed by atoms with Crippen LogP contribution in [-0.2, 0) is 27.5 Å². The zero-order chi connectivity index (χ0) is 33.8. The standard InChI is InChI=1S/C19H25N3S.3C2HF3O2/c1-2-8-20-18(4-1)13-21-9-3-6-19(15-21)7-10-22(16-19)12-17-5-11-23-14-17;3*3-2(4,5)1(6)7/h1-2,4-5,8,11,14H,3,6-7,9-10,12-13,15-16H2;3*(H,6,7). The maximum absolute atomic E-state index is 10.6. The van der Waals surface area contributed by atoms with Crippen molar-refractivity contribution in [3.05, 3.63) is 52.5 Å². The lowest BCUT2D eigenvalue weighted by Crippen LogP contribution is -2.44. The minimum Gasteiger partial charge on any atom is -0.475 e. The van der Waals surface area contributed by atoms with Crippen LogP contribution in [0.3, 0.4) is 0 Å². The first-order valence-electron chi connectivity index (χ1n) is 12.4. The first kappa shape index (κ1) is 38.6. The summed E-state index contributed by atoms with van der Waals surface area (Å²) in [7, 11) is 0. The molecule has 2 aliphatic rings. The van der Waals surface area contributed by atoms with Crippen molar-refractivity contribution in [3.63, 3.8) is 0 Å². The molecule has 4 rings (SSSR count). The molecule has 9 nitrogen and oxygen atoms in total. The number of carboxylic acids is 3. The normalized spacial score (nSPS) is 19.0. The van der Waals surface area contributed by atoms with Crippen LogP contribution in [0.2, 0.25) is 0 Å². The summed E-state index contributed by atoms with van der Waals surface area (Å²) in [6.07, 6.45) is -9.26. The smallest absolute Gasteiger partial charge is 0.475 e. The highest BCUT2D eigenvalue weighted by atomic mass is 32.1. The van der Waals surface area contributed by atoms with E-state index in [1.165, 1.54) is 56.7 Å². The van der Waals surface area contributed by atoms with E-state index in [4.69, 9.17) is 29.7 Å². The third-order valence-electron chi connectivity index (χ3n) is 6.08. The highest BCUT2D eigenvalue weighted by molar-refractivity contribution is 7.07. The van der Waals surface area contributed by atoms with Crippen molar-refractivity contribution in [2.45, 2.75) is 50.9 Å². The summed E-state index contributed by atoms with van der Waals surface area (Å²) in [4.78, 5) is 36.5. The predicted molar refractivity (Wildman–Crippen MR) is 136 cm³/mol. The van der Waals surface area contributed by atoms with Gasteiger partial charge in [-0.05, 0) is 72.3 Å². The van der Waals surface area contributed by atoms with Crippen LogP contribution in [0.5, 0.6) is 0 Å². The van der Waals surface area contributed by atoms with Gasteiger partial charge in [0.05, 0.1) is 5.69 Å². The zero-order valence-corrected chi connectivity index (χ0v) is 23.4. The van der Waals surface area contributed by atoms with Gasteiger partial charge in [0.2, 0.25) is 0 Å². The maximum Gasteiger partial charge on any atom is 0.490 e. The van der Waals surface area contributed by atoms with Gasteiger partial charge in [0, 0.05) is 32.4 Å². The number of alkyl halides is 9. The first-order valence-corrected chi connectivity index (χ1v) is 13.3. The van der Waals surface area contributed by atoms with Crippen molar-refractivity contribution >= 4 is 29.2 Å².